The Bertz CT molecular complexity index is 601. The topological polar surface area (TPSA) is 64.3 Å². The van der Waals surface area contributed by atoms with E-state index in [0.717, 1.165) is 6.07 Å². The first-order chi connectivity index (χ1) is 9.74. The van der Waals surface area contributed by atoms with Gasteiger partial charge < -0.3 is 10.0 Å². The highest BCUT2D eigenvalue weighted by Crippen LogP contribution is 2.36. The third kappa shape index (κ3) is 2.94. The molecule has 0 spiro atoms. The van der Waals surface area contributed by atoms with Crippen LogP contribution in [0.3, 0.4) is 0 Å². The lowest BCUT2D eigenvalue weighted by Crippen LogP contribution is -2.51. The van der Waals surface area contributed by atoms with Gasteiger partial charge in [-0.3, -0.25) is 4.79 Å². The predicted octanol–water partition coefficient (Wildman–Crippen LogP) is 2.73. The summed E-state index contributed by atoms with van der Waals surface area (Å²) in [5, 5.41) is 17.7. The summed E-state index contributed by atoms with van der Waals surface area (Å²) in [5.74, 6) is -1.41. The summed E-state index contributed by atoms with van der Waals surface area (Å²) in [6.07, 6.45) is -4.56. The Balaban J connectivity index is 2.14. The highest BCUT2D eigenvalue weighted by molar-refractivity contribution is 5.70. The SMILES string of the molecule is CC(C(=O)O)C1CN(c2ccc(C(F)(F)F)c(C#N)c2)C1. The fourth-order valence-electron chi connectivity index (χ4n) is 2.31. The average molecular weight is 298 g/mol. The van der Waals surface area contributed by atoms with E-state index in [0.29, 0.717) is 18.8 Å². The van der Waals surface area contributed by atoms with E-state index in [1.165, 1.54) is 12.1 Å². The zero-order valence-electron chi connectivity index (χ0n) is 11.2. The van der Waals surface area contributed by atoms with Gasteiger partial charge in [-0.2, -0.15) is 18.4 Å². The molecule has 0 radical (unpaired) electrons. The van der Waals surface area contributed by atoms with Gasteiger partial charge >= 0.3 is 12.1 Å². The van der Waals surface area contributed by atoms with Crippen molar-refractivity contribution < 1.29 is 23.1 Å². The van der Waals surface area contributed by atoms with Crippen molar-refractivity contribution in [1.82, 2.24) is 0 Å². The number of carboxylic acid groups (broad SMARTS) is 1. The third-order valence-corrected chi connectivity index (χ3v) is 3.80. The Labute approximate surface area is 119 Å². The zero-order valence-corrected chi connectivity index (χ0v) is 11.2. The van der Waals surface area contributed by atoms with Gasteiger partial charge in [-0.1, -0.05) is 6.92 Å². The molecule has 1 aliphatic rings. The summed E-state index contributed by atoms with van der Waals surface area (Å²) >= 11 is 0. The fraction of sp³-hybridized carbons (Fsp3) is 0.429. The van der Waals surface area contributed by atoms with Crippen LogP contribution in [0.15, 0.2) is 18.2 Å². The van der Waals surface area contributed by atoms with Crippen LogP contribution in [-0.4, -0.2) is 24.2 Å². The van der Waals surface area contributed by atoms with Crippen LogP contribution in [-0.2, 0) is 11.0 Å². The summed E-state index contributed by atoms with van der Waals surface area (Å²) in [7, 11) is 0. The first kappa shape index (κ1) is 15.2. The normalized spacial score (nSPS) is 17.0. The lowest BCUT2D eigenvalue weighted by Gasteiger charge is -2.43. The summed E-state index contributed by atoms with van der Waals surface area (Å²) in [4.78, 5) is 12.6. The molecule has 4 nitrogen and oxygen atoms in total. The predicted molar refractivity (Wildman–Crippen MR) is 68.7 cm³/mol. The van der Waals surface area contributed by atoms with Crippen molar-refractivity contribution in [1.29, 1.82) is 5.26 Å². The molecule has 0 amide bonds. The van der Waals surface area contributed by atoms with E-state index in [4.69, 9.17) is 10.4 Å². The minimum atomic E-state index is -4.56. The van der Waals surface area contributed by atoms with Crippen molar-refractivity contribution in [2.75, 3.05) is 18.0 Å². The number of alkyl halides is 3. The number of halogens is 3. The lowest BCUT2D eigenvalue weighted by atomic mass is 9.86. The monoisotopic (exact) mass is 298 g/mol. The van der Waals surface area contributed by atoms with E-state index in [-0.39, 0.29) is 5.92 Å². The smallest absolute Gasteiger partial charge is 0.417 e. The van der Waals surface area contributed by atoms with E-state index in [1.54, 1.807) is 17.9 Å². The Kier molecular flexibility index (Phi) is 3.81. The van der Waals surface area contributed by atoms with Crippen molar-refractivity contribution in [3.8, 4) is 6.07 Å². The molecule has 1 fully saturated rings. The summed E-state index contributed by atoms with van der Waals surface area (Å²) in [6.45, 7) is 2.53. The molecular formula is C14H13F3N2O2. The van der Waals surface area contributed by atoms with Crippen LogP contribution in [0.2, 0.25) is 0 Å². The van der Waals surface area contributed by atoms with Gasteiger partial charge in [0.1, 0.15) is 0 Å². The molecule has 7 heteroatoms. The number of anilines is 1. The number of hydrogen-bond acceptors (Lipinski definition) is 3. The number of carbonyl (C=O) groups is 1. The first-order valence-electron chi connectivity index (χ1n) is 6.33. The van der Waals surface area contributed by atoms with Crippen molar-refractivity contribution in [2.45, 2.75) is 13.1 Å². The molecule has 1 unspecified atom stereocenters. The van der Waals surface area contributed by atoms with Crippen molar-refractivity contribution in [3.05, 3.63) is 29.3 Å². The van der Waals surface area contributed by atoms with Gasteiger partial charge in [-0.05, 0) is 18.2 Å². The van der Waals surface area contributed by atoms with Crippen molar-refractivity contribution in [2.24, 2.45) is 11.8 Å². The van der Waals surface area contributed by atoms with Crippen LogP contribution in [0.5, 0.6) is 0 Å². The number of nitriles is 1. The number of carboxylic acids is 1. The van der Waals surface area contributed by atoms with Gasteiger partial charge in [-0.25, -0.2) is 0 Å². The first-order valence-corrected chi connectivity index (χ1v) is 6.33. The van der Waals surface area contributed by atoms with E-state index in [9.17, 15) is 18.0 Å². The molecule has 1 heterocycles. The molecule has 0 aliphatic carbocycles. The van der Waals surface area contributed by atoms with Gasteiger partial charge in [0.05, 0.1) is 23.1 Å². The maximum atomic E-state index is 12.7. The highest BCUT2D eigenvalue weighted by Gasteiger charge is 2.37. The van der Waals surface area contributed by atoms with Crippen LogP contribution in [0.4, 0.5) is 18.9 Å². The molecule has 1 N–H and O–H groups in total. The van der Waals surface area contributed by atoms with E-state index < -0.39 is 29.2 Å². The zero-order chi connectivity index (χ0) is 15.8. The number of nitrogens with zero attached hydrogens (tertiary/aromatic N) is 2. The molecule has 1 aromatic rings. The summed E-state index contributed by atoms with van der Waals surface area (Å²) in [5.41, 5.74) is -0.868. The van der Waals surface area contributed by atoms with Crippen LogP contribution in [0.1, 0.15) is 18.1 Å². The van der Waals surface area contributed by atoms with Crippen LogP contribution in [0.25, 0.3) is 0 Å². The molecule has 1 atom stereocenters. The Hall–Kier alpha value is -2.23. The number of benzene rings is 1. The number of aliphatic carboxylic acids is 1. The molecule has 2 rings (SSSR count). The second-order valence-electron chi connectivity index (χ2n) is 5.13. The number of rotatable bonds is 3. The standard InChI is InChI=1S/C14H13F3N2O2/c1-8(13(20)21)10-6-19(7-10)11-2-3-12(14(15,16)17)9(4-11)5-18/h2-4,8,10H,6-7H2,1H3,(H,20,21). The van der Waals surface area contributed by atoms with E-state index in [2.05, 4.69) is 0 Å². The van der Waals surface area contributed by atoms with Gasteiger partial charge in [0.2, 0.25) is 0 Å². The maximum Gasteiger partial charge on any atom is 0.417 e. The maximum absolute atomic E-state index is 12.7. The average Bonchev–Trinajstić information content (AvgIpc) is 2.35. The Morgan fingerprint density at radius 2 is 2.10 bits per heavy atom. The minimum Gasteiger partial charge on any atom is -0.481 e. The van der Waals surface area contributed by atoms with E-state index >= 15 is 0 Å². The highest BCUT2D eigenvalue weighted by atomic mass is 19.4. The molecule has 1 aromatic carbocycles. The van der Waals surface area contributed by atoms with Crippen LogP contribution < -0.4 is 4.90 Å². The third-order valence-electron chi connectivity index (χ3n) is 3.80. The Morgan fingerprint density at radius 1 is 1.48 bits per heavy atom. The fourth-order valence-corrected chi connectivity index (χ4v) is 2.31. The van der Waals surface area contributed by atoms with Gasteiger partial charge in [0.15, 0.2) is 0 Å². The molecule has 21 heavy (non-hydrogen) atoms. The molecule has 112 valence electrons. The second kappa shape index (κ2) is 5.28. The van der Waals surface area contributed by atoms with Crippen molar-refractivity contribution in [3.63, 3.8) is 0 Å². The number of hydrogen-bond donors (Lipinski definition) is 1. The summed E-state index contributed by atoms with van der Waals surface area (Å²) < 4.78 is 38.1. The lowest BCUT2D eigenvalue weighted by molar-refractivity contribution is -0.143. The molecular weight excluding hydrogens is 285 g/mol. The van der Waals surface area contributed by atoms with Gasteiger partial charge in [0.25, 0.3) is 0 Å². The van der Waals surface area contributed by atoms with E-state index in [1.807, 2.05) is 0 Å². The molecule has 0 saturated carbocycles. The second-order valence-corrected chi connectivity index (χ2v) is 5.13. The quantitative estimate of drug-likeness (QED) is 0.932. The molecule has 0 aromatic heterocycles. The van der Waals surface area contributed by atoms with Crippen LogP contribution in [0, 0.1) is 23.2 Å². The minimum absolute atomic E-state index is 0.0321. The van der Waals surface area contributed by atoms with Crippen molar-refractivity contribution >= 4 is 11.7 Å². The largest absolute Gasteiger partial charge is 0.481 e. The van der Waals surface area contributed by atoms with Gasteiger partial charge in [0, 0.05) is 24.7 Å². The molecule has 0 bridgehead atoms. The molecule has 1 saturated heterocycles. The summed E-state index contributed by atoms with van der Waals surface area (Å²) in [6, 6.07) is 4.96. The molecule has 1 aliphatic heterocycles. The van der Waals surface area contributed by atoms with Gasteiger partial charge in [-0.15, -0.1) is 0 Å². The van der Waals surface area contributed by atoms with Crippen LogP contribution >= 0.6 is 0 Å². The Morgan fingerprint density at radius 3 is 2.57 bits per heavy atom.